The fraction of sp³-hybridized carbons (Fsp3) is 0.750. The van der Waals surface area contributed by atoms with Gasteiger partial charge in [-0.2, -0.15) is 0 Å². The maximum atomic E-state index is 12.1. The molecule has 1 aromatic rings. The summed E-state index contributed by atoms with van der Waals surface area (Å²) in [7, 11) is 1.48. The van der Waals surface area contributed by atoms with Crippen LogP contribution in [0.25, 0.3) is 0 Å². The van der Waals surface area contributed by atoms with E-state index >= 15 is 0 Å². The van der Waals surface area contributed by atoms with E-state index in [-0.39, 0.29) is 17.8 Å². The molecule has 3 rings (SSSR count). The Labute approximate surface area is 143 Å². The van der Waals surface area contributed by atoms with Crippen molar-refractivity contribution >= 4 is 33.2 Å². The summed E-state index contributed by atoms with van der Waals surface area (Å²) >= 11 is 5.42. The molecule has 22 heavy (non-hydrogen) atoms. The van der Waals surface area contributed by atoms with Gasteiger partial charge in [0.25, 0.3) is 0 Å². The molecule has 1 saturated carbocycles. The minimum atomic E-state index is -0.0859. The lowest BCUT2D eigenvalue weighted by atomic mass is 9.78. The molecule has 0 aromatic carbocycles. The molecule has 0 amide bonds. The Hall–Kier alpha value is -0.460. The molecule has 1 saturated heterocycles. The molecule has 2 aliphatic rings. The highest BCUT2D eigenvalue weighted by molar-refractivity contribution is 9.11. The first-order chi connectivity index (χ1) is 10.7. The summed E-state index contributed by atoms with van der Waals surface area (Å²) in [5.74, 6) is 0.571. The fourth-order valence-corrected chi connectivity index (χ4v) is 5.48. The van der Waals surface area contributed by atoms with Gasteiger partial charge in [0, 0.05) is 25.0 Å². The molecule has 2 atom stereocenters. The van der Waals surface area contributed by atoms with Gasteiger partial charge in [-0.05, 0) is 41.6 Å². The Bertz CT molecular complexity index is 527. The van der Waals surface area contributed by atoms with E-state index in [1.807, 2.05) is 0 Å². The molecule has 0 spiro atoms. The molecule has 0 bridgehead atoms. The smallest absolute Gasteiger partial charge is 0.309 e. The van der Waals surface area contributed by atoms with Crippen molar-refractivity contribution in [1.82, 2.24) is 4.98 Å². The van der Waals surface area contributed by atoms with Gasteiger partial charge in [-0.25, -0.2) is 4.98 Å². The van der Waals surface area contributed by atoms with Crippen LogP contribution in [0.5, 0.6) is 0 Å². The molecule has 6 heteroatoms. The van der Waals surface area contributed by atoms with Crippen molar-refractivity contribution in [1.29, 1.82) is 0 Å². The summed E-state index contributed by atoms with van der Waals surface area (Å²) in [5, 5.41) is 1.19. The third-order valence-electron chi connectivity index (χ3n) is 4.82. The summed E-state index contributed by atoms with van der Waals surface area (Å²) in [6.45, 7) is 1.65. The zero-order valence-electron chi connectivity index (χ0n) is 12.8. The molecular formula is C16H22BrNO3S. The molecule has 1 aliphatic carbocycles. The van der Waals surface area contributed by atoms with Gasteiger partial charge >= 0.3 is 5.97 Å². The zero-order valence-corrected chi connectivity index (χ0v) is 15.2. The van der Waals surface area contributed by atoms with E-state index in [4.69, 9.17) is 14.5 Å². The molecule has 2 unspecified atom stereocenters. The van der Waals surface area contributed by atoms with Gasteiger partial charge in [0.1, 0.15) is 0 Å². The lowest BCUT2D eigenvalue weighted by Gasteiger charge is -2.28. The second-order valence-corrected chi connectivity index (χ2v) is 8.47. The topological polar surface area (TPSA) is 48.4 Å². The molecule has 122 valence electrons. The standard InChI is InChI=1S/C16H22BrNO3S/c1-20-16(19)12-5-3-2-4-11(12)13-14(17)22-15(18-13)10-6-8-21-9-7-10/h10-12H,2-9H2,1H3. The molecule has 0 N–H and O–H groups in total. The van der Waals surface area contributed by atoms with Gasteiger partial charge < -0.3 is 9.47 Å². The minimum Gasteiger partial charge on any atom is -0.469 e. The number of nitrogens with zero attached hydrogens (tertiary/aromatic N) is 1. The van der Waals surface area contributed by atoms with Crippen LogP contribution in [0.4, 0.5) is 0 Å². The van der Waals surface area contributed by atoms with E-state index < -0.39 is 0 Å². The zero-order chi connectivity index (χ0) is 15.5. The van der Waals surface area contributed by atoms with Crippen molar-refractivity contribution < 1.29 is 14.3 Å². The lowest BCUT2D eigenvalue weighted by molar-refractivity contribution is -0.147. The molecular weight excluding hydrogens is 366 g/mol. The predicted molar refractivity (Wildman–Crippen MR) is 89.3 cm³/mol. The van der Waals surface area contributed by atoms with Crippen LogP contribution in [-0.4, -0.2) is 31.3 Å². The molecule has 0 radical (unpaired) electrons. The first-order valence-electron chi connectivity index (χ1n) is 8.02. The second-order valence-electron chi connectivity index (χ2n) is 6.12. The fourth-order valence-electron chi connectivity index (χ4n) is 3.57. The Balaban J connectivity index is 1.83. The Morgan fingerprint density at radius 2 is 2.00 bits per heavy atom. The Morgan fingerprint density at radius 3 is 2.73 bits per heavy atom. The largest absolute Gasteiger partial charge is 0.469 e. The summed E-state index contributed by atoms with van der Waals surface area (Å²) in [5.41, 5.74) is 1.07. The Kier molecular flexibility index (Phi) is 5.52. The van der Waals surface area contributed by atoms with Crippen LogP contribution in [0.2, 0.25) is 0 Å². The van der Waals surface area contributed by atoms with E-state index in [0.717, 1.165) is 61.2 Å². The number of hydrogen-bond donors (Lipinski definition) is 0. The van der Waals surface area contributed by atoms with Gasteiger partial charge in [0.2, 0.25) is 0 Å². The number of esters is 1. The number of hydrogen-bond acceptors (Lipinski definition) is 5. The number of methoxy groups -OCH3 is 1. The number of thiazole rings is 1. The van der Waals surface area contributed by atoms with E-state index in [9.17, 15) is 4.79 Å². The summed E-state index contributed by atoms with van der Waals surface area (Å²) in [6.07, 6.45) is 6.29. The lowest BCUT2D eigenvalue weighted by Crippen LogP contribution is -2.27. The van der Waals surface area contributed by atoms with E-state index in [1.165, 1.54) is 12.1 Å². The first-order valence-corrected chi connectivity index (χ1v) is 9.63. The third-order valence-corrected chi connectivity index (χ3v) is 6.73. The molecule has 2 fully saturated rings. The van der Waals surface area contributed by atoms with Crippen LogP contribution in [0.1, 0.15) is 61.1 Å². The number of carbonyl (C=O) groups excluding carboxylic acids is 1. The van der Waals surface area contributed by atoms with Gasteiger partial charge in [-0.3, -0.25) is 4.79 Å². The third kappa shape index (κ3) is 3.39. The molecule has 2 heterocycles. The maximum absolute atomic E-state index is 12.1. The van der Waals surface area contributed by atoms with Crippen molar-refractivity contribution in [3.63, 3.8) is 0 Å². The van der Waals surface area contributed by atoms with Crippen LogP contribution in [0, 0.1) is 5.92 Å². The highest BCUT2D eigenvalue weighted by atomic mass is 79.9. The van der Waals surface area contributed by atoms with Crippen LogP contribution in [0.15, 0.2) is 3.79 Å². The van der Waals surface area contributed by atoms with Crippen LogP contribution in [0.3, 0.4) is 0 Å². The van der Waals surface area contributed by atoms with E-state index in [1.54, 1.807) is 11.3 Å². The van der Waals surface area contributed by atoms with Crippen LogP contribution in [-0.2, 0) is 14.3 Å². The van der Waals surface area contributed by atoms with Crippen LogP contribution >= 0.6 is 27.3 Å². The van der Waals surface area contributed by atoms with Crippen molar-refractivity contribution in [3.05, 3.63) is 14.5 Å². The summed E-state index contributed by atoms with van der Waals surface area (Å²) < 4.78 is 11.5. The first kappa shape index (κ1) is 16.4. The van der Waals surface area contributed by atoms with Crippen molar-refractivity contribution in [2.45, 2.75) is 50.4 Å². The van der Waals surface area contributed by atoms with E-state index in [2.05, 4.69) is 15.9 Å². The van der Waals surface area contributed by atoms with Crippen LogP contribution < -0.4 is 0 Å². The summed E-state index contributed by atoms with van der Waals surface area (Å²) in [4.78, 5) is 17.0. The van der Waals surface area contributed by atoms with Crippen molar-refractivity contribution in [3.8, 4) is 0 Å². The van der Waals surface area contributed by atoms with Crippen molar-refractivity contribution in [2.75, 3.05) is 20.3 Å². The quantitative estimate of drug-likeness (QED) is 0.727. The molecule has 4 nitrogen and oxygen atoms in total. The second kappa shape index (κ2) is 7.41. The normalized spacial score (nSPS) is 26.8. The number of halogens is 1. The monoisotopic (exact) mass is 387 g/mol. The highest BCUT2D eigenvalue weighted by Crippen LogP contribution is 2.44. The van der Waals surface area contributed by atoms with E-state index in [0.29, 0.717) is 5.92 Å². The number of aromatic nitrogens is 1. The summed E-state index contributed by atoms with van der Waals surface area (Å²) in [6, 6.07) is 0. The predicted octanol–water partition coefficient (Wildman–Crippen LogP) is 4.25. The molecule has 1 aliphatic heterocycles. The average Bonchev–Trinajstić information content (AvgIpc) is 2.96. The Morgan fingerprint density at radius 1 is 1.27 bits per heavy atom. The van der Waals surface area contributed by atoms with Gasteiger partial charge in [0.15, 0.2) is 0 Å². The number of ether oxygens (including phenoxy) is 2. The maximum Gasteiger partial charge on any atom is 0.309 e. The van der Waals surface area contributed by atoms with Gasteiger partial charge in [0.05, 0.1) is 27.5 Å². The number of rotatable bonds is 3. The van der Waals surface area contributed by atoms with Crippen molar-refractivity contribution in [2.24, 2.45) is 5.92 Å². The average molecular weight is 388 g/mol. The molecule has 1 aromatic heterocycles. The SMILES string of the molecule is COC(=O)C1CCCCC1c1nc(C2CCOCC2)sc1Br. The minimum absolute atomic E-state index is 0.0420. The number of carbonyl (C=O) groups is 1. The van der Waals surface area contributed by atoms with Gasteiger partial charge in [-0.1, -0.05) is 12.8 Å². The van der Waals surface area contributed by atoms with Gasteiger partial charge in [-0.15, -0.1) is 11.3 Å². The highest BCUT2D eigenvalue weighted by Gasteiger charge is 2.36.